The van der Waals surface area contributed by atoms with Gasteiger partial charge in [-0.25, -0.2) is 4.39 Å². The summed E-state index contributed by atoms with van der Waals surface area (Å²) in [5.41, 5.74) is 2.15. The Kier molecular flexibility index (Phi) is 5.84. The number of amides is 2. The van der Waals surface area contributed by atoms with Gasteiger partial charge in [0.05, 0.1) is 5.69 Å². The van der Waals surface area contributed by atoms with E-state index in [1.165, 1.54) is 35.2 Å². The predicted octanol–water partition coefficient (Wildman–Crippen LogP) is 3.50. The third-order valence-corrected chi connectivity index (χ3v) is 4.80. The highest BCUT2D eigenvalue weighted by Crippen LogP contribution is 2.23. The van der Waals surface area contributed by atoms with Crippen molar-refractivity contribution in [2.75, 3.05) is 22.9 Å². The number of rotatable bonds is 5. The van der Waals surface area contributed by atoms with Crippen molar-refractivity contribution in [3.63, 3.8) is 0 Å². The van der Waals surface area contributed by atoms with E-state index in [0.29, 0.717) is 5.69 Å². The molecule has 1 fully saturated rings. The monoisotopic (exact) mass is 397 g/mol. The molecule has 2 amide bonds. The molecular formula is C21H20FN3O2S. The molecule has 1 heterocycles. The summed E-state index contributed by atoms with van der Waals surface area (Å²) in [6.07, 6.45) is 1.53. The van der Waals surface area contributed by atoms with Gasteiger partial charge in [0, 0.05) is 18.8 Å². The fourth-order valence-electron chi connectivity index (χ4n) is 3.02. The number of carbonyl (C=O) groups is 2. The van der Waals surface area contributed by atoms with Crippen LogP contribution in [-0.4, -0.2) is 30.0 Å². The van der Waals surface area contributed by atoms with Crippen molar-refractivity contribution in [1.82, 2.24) is 5.32 Å². The SMILES string of the molecule is CCN(CC)c1ccc(/C=C2/C(=O)NC(=S)N(c3ccc(F)cc3)C2=O)cc1. The lowest BCUT2D eigenvalue weighted by atomic mass is 10.1. The number of nitrogens with zero attached hydrogens (tertiary/aromatic N) is 2. The van der Waals surface area contributed by atoms with E-state index in [1.54, 1.807) is 0 Å². The fraction of sp³-hybridized carbons (Fsp3) is 0.190. The highest BCUT2D eigenvalue weighted by atomic mass is 32.1. The molecule has 28 heavy (non-hydrogen) atoms. The first-order chi connectivity index (χ1) is 13.4. The molecule has 1 N–H and O–H groups in total. The molecular weight excluding hydrogens is 377 g/mol. The molecule has 1 saturated heterocycles. The molecule has 0 aliphatic carbocycles. The molecule has 3 rings (SSSR count). The summed E-state index contributed by atoms with van der Waals surface area (Å²) in [5.74, 6) is -1.53. The van der Waals surface area contributed by atoms with Gasteiger partial charge in [-0.15, -0.1) is 0 Å². The lowest BCUT2D eigenvalue weighted by Crippen LogP contribution is -2.54. The maximum atomic E-state index is 13.2. The van der Waals surface area contributed by atoms with Crippen LogP contribution >= 0.6 is 12.2 Å². The number of thiocarbonyl (C=S) groups is 1. The molecule has 2 aromatic rings. The average Bonchev–Trinajstić information content (AvgIpc) is 2.68. The number of halogens is 1. The van der Waals surface area contributed by atoms with E-state index in [4.69, 9.17) is 12.2 Å². The molecule has 0 unspecified atom stereocenters. The molecule has 0 atom stereocenters. The largest absolute Gasteiger partial charge is 0.372 e. The van der Waals surface area contributed by atoms with Gasteiger partial charge in [0.1, 0.15) is 11.4 Å². The van der Waals surface area contributed by atoms with E-state index in [2.05, 4.69) is 24.1 Å². The fourth-order valence-corrected chi connectivity index (χ4v) is 3.30. The average molecular weight is 397 g/mol. The Labute approximate surface area is 168 Å². The Morgan fingerprint density at radius 3 is 2.21 bits per heavy atom. The summed E-state index contributed by atoms with van der Waals surface area (Å²) in [5, 5.41) is 2.49. The summed E-state index contributed by atoms with van der Waals surface area (Å²) >= 11 is 5.13. The molecule has 144 valence electrons. The molecule has 2 aromatic carbocycles. The van der Waals surface area contributed by atoms with Crippen LogP contribution in [-0.2, 0) is 9.59 Å². The van der Waals surface area contributed by atoms with Crippen molar-refractivity contribution >= 4 is 46.6 Å². The number of anilines is 2. The van der Waals surface area contributed by atoms with Gasteiger partial charge in [-0.3, -0.25) is 19.8 Å². The Morgan fingerprint density at radius 2 is 1.64 bits per heavy atom. The smallest absolute Gasteiger partial charge is 0.270 e. The van der Waals surface area contributed by atoms with E-state index < -0.39 is 17.6 Å². The summed E-state index contributed by atoms with van der Waals surface area (Å²) in [6, 6.07) is 13.0. The molecule has 0 radical (unpaired) electrons. The van der Waals surface area contributed by atoms with Crippen molar-refractivity contribution in [1.29, 1.82) is 0 Å². The maximum Gasteiger partial charge on any atom is 0.270 e. The summed E-state index contributed by atoms with van der Waals surface area (Å²) in [4.78, 5) is 28.6. The van der Waals surface area contributed by atoms with Gasteiger partial charge in [-0.05, 0) is 74.1 Å². The quantitative estimate of drug-likeness (QED) is 0.477. The predicted molar refractivity (Wildman–Crippen MR) is 113 cm³/mol. The van der Waals surface area contributed by atoms with Crippen LogP contribution in [0, 0.1) is 5.82 Å². The Morgan fingerprint density at radius 1 is 1.04 bits per heavy atom. The van der Waals surface area contributed by atoms with Gasteiger partial charge in [0.25, 0.3) is 11.8 Å². The van der Waals surface area contributed by atoms with E-state index >= 15 is 0 Å². The molecule has 0 saturated carbocycles. The summed E-state index contributed by atoms with van der Waals surface area (Å²) < 4.78 is 13.2. The van der Waals surface area contributed by atoms with E-state index in [9.17, 15) is 14.0 Å². The highest BCUT2D eigenvalue weighted by molar-refractivity contribution is 7.80. The lowest BCUT2D eigenvalue weighted by Gasteiger charge is -2.29. The second-order valence-electron chi connectivity index (χ2n) is 6.20. The van der Waals surface area contributed by atoms with E-state index in [0.717, 1.165) is 24.3 Å². The van der Waals surface area contributed by atoms with Crippen LogP contribution in [0.4, 0.5) is 15.8 Å². The zero-order valence-corrected chi connectivity index (χ0v) is 16.4. The number of carbonyl (C=O) groups excluding carboxylic acids is 2. The molecule has 1 aliphatic heterocycles. The van der Waals surface area contributed by atoms with Gasteiger partial charge in [-0.1, -0.05) is 12.1 Å². The standard InChI is InChI=1S/C21H20FN3O2S/c1-3-24(4-2)16-9-5-14(6-10-16)13-18-19(26)23-21(28)25(20(18)27)17-11-7-15(22)8-12-17/h5-13H,3-4H2,1-2H3,(H,23,26,28)/b18-13-. The Bertz CT molecular complexity index is 935. The third kappa shape index (κ3) is 3.94. The van der Waals surface area contributed by atoms with Crippen LogP contribution in [0.1, 0.15) is 19.4 Å². The molecule has 0 aromatic heterocycles. The van der Waals surface area contributed by atoms with Crippen molar-refractivity contribution in [2.45, 2.75) is 13.8 Å². The van der Waals surface area contributed by atoms with Gasteiger partial charge in [0.15, 0.2) is 5.11 Å². The van der Waals surface area contributed by atoms with Gasteiger partial charge >= 0.3 is 0 Å². The van der Waals surface area contributed by atoms with Crippen LogP contribution in [0.5, 0.6) is 0 Å². The molecule has 0 spiro atoms. The second-order valence-corrected chi connectivity index (χ2v) is 6.58. The van der Waals surface area contributed by atoms with Gasteiger partial charge in [0.2, 0.25) is 0 Å². The number of nitrogens with one attached hydrogen (secondary N) is 1. The van der Waals surface area contributed by atoms with E-state index in [-0.39, 0.29) is 10.7 Å². The summed E-state index contributed by atoms with van der Waals surface area (Å²) in [7, 11) is 0. The lowest BCUT2D eigenvalue weighted by molar-refractivity contribution is -0.122. The maximum absolute atomic E-state index is 13.2. The zero-order chi connectivity index (χ0) is 20.3. The molecule has 7 heteroatoms. The first kappa shape index (κ1) is 19.7. The minimum Gasteiger partial charge on any atom is -0.372 e. The van der Waals surface area contributed by atoms with Crippen molar-refractivity contribution in [3.8, 4) is 0 Å². The van der Waals surface area contributed by atoms with Crippen LogP contribution in [0.25, 0.3) is 6.08 Å². The van der Waals surface area contributed by atoms with Gasteiger partial charge in [-0.2, -0.15) is 0 Å². The minimum atomic E-state index is -0.554. The topological polar surface area (TPSA) is 52.7 Å². The first-order valence-corrected chi connectivity index (χ1v) is 9.37. The van der Waals surface area contributed by atoms with Crippen LogP contribution < -0.4 is 15.1 Å². The third-order valence-electron chi connectivity index (χ3n) is 4.52. The molecule has 5 nitrogen and oxygen atoms in total. The number of benzene rings is 2. The van der Waals surface area contributed by atoms with Crippen molar-refractivity contribution in [2.24, 2.45) is 0 Å². The first-order valence-electron chi connectivity index (χ1n) is 8.96. The van der Waals surface area contributed by atoms with Gasteiger partial charge < -0.3 is 4.90 Å². The van der Waals surface area contributed by atoms with Crippen LogP contribution in [0.2, 0.25) is 0 Å². The van der Waals surface area contributed by atoms with Crippen molar-refractivity contribution in [3.05, 3.63) is 65.5 Å². The van der Waals surface area contributed by atoms with E-state index in [1.807, 2.05) is 24.3 Å². The molecule has 0 bridgehead atoms. The minimum absolute atomic E-state index is 0.0318. The normalized spacial score (nSPS) is 15.8. The summed E-state index contributed by atoms with van der Waals surface area (Å²) in [6.45, 7) is 5.94. The highest BCUT2D eigenvalue weighted by Gasteiger charge is 2.34. The van der Waals surface area contributed by atoms with Crippen molar-refractivity contribution < 1.29 is 14.0 Å². The van der Waals surface area contributed by atoms with Crippen LogP contribution in [0.3, 0.4) is 0 Å². The van der Waals surface area contributed by atoms with Crippen LogP contribution in [0.15, 0.2) is 54.1 Å². The Balaban J connectivity index is 1.91. The zero-order valence-electron chi connectivity index (χ0n) is 15.6. The second kappa shape index (κ2) is 8.31. The number of hydrogen-bond acceptors (Lipinski definition) is 4. The Hall–Kier alpha value is -3.06. The molecule has 1 aliphatic rings. The number of hydrogen-bond donors (Lipinski definition) is 1.